The van der Waals surface area contributed by atoms with Crippen molar-refractivity contribution in [2.75, 3.05) is 7.05 Å². The third kappa shape index (κ3) is 2.14. The van der Waals surface area contributed by atoms with Crippen LogP contribution in [0.2, 0.25) is 0 Å². The van der Waals surface area contributed by atoms with Gasteiger partial charge >= 0.3 is 0 Å². The fourth-order valence-corrected chi connectivity index (χ4v) is 3.26. The molecule has 4 heteroatoms. The average molecular weight is 304 g/mol. The van der Waals surface area contributed by atoms with Crippen LogP contribution in [0.3, 0.4) is 0 Å². The summed E-state index contributed by atoms with van der Waals surface area (Å²) in [5.41, 5.74) is 3.91. The minimum Gasteiger partial charge on any atom is -0.355 e. The van der Waals surface area contributed by atoms with Crippen molar-refractivity contribution in [2.24, 2.45) is 0 Å². The lowest BCUT2D eigenvalue weighted by molar-refractivity contribution is -0.137. The van der Waals surface area contributed by atoms with E-state index < -0.39 is 5.92 Å². The molecular formula is C19H16N2O2. The van der Waals surface area contributed by atoms with Gasteiger partial charge in [0, 0.05) is 35.6 Å². The second-order valence-electron chi connectivity index (χ2n) is 5.91. The molecule has 1 atom stereocenters. The summed E-state index contributed by atoms with van der Waals surface area (Å²) in [6.07, 6.45) is 0.243. The van der Waals surface area contributed by atoms with Gasteiger partial charge in [0.25, 0.3) is 0 Å². The summed E-state index contributed by atoms with van der Waals surface area (Å²) < 4.78 is 0. The summed E-state index contributed by atoms with van der Waals surface area (Å²) in [4.78, 5) is 28.9. The van der Waals surface area contributed by atoms with Crippen molar-refractivity contribution in [3.8, 4) is 11.3 Å². The number of likely N-dealkylation sites (N-methyl/N-ethyl adjacent to an activating group) is 1. The molecular weight excluding hydrogens is 288 g/mol. The van der Waals surface area contributed by atoms with E-state index in [-0.39, 0.29) is 18.2 Å². The Hall–Kier alpha value is -2.88. The van der Waals surface area contributed by atoms with Crippen LogP contribution in [0.15, 0.2) is 54.6 Å². The van der Waals surface area contributed by atoms with E-state index in [0.717, 1.165) is 27.7 Å². The number of imide groups is 1. The maximum absolute atomic E-state index is 12.4. The molecule has 23 heavy (non-hydrogen) atoms. The van der Waals surface area contributed by atoms with E-state index in [1.165, 1.54) is 4.90 Å². The minimum atomic E-state index is -0.393. The minimum absolute atomic E-state index is 0.119. The molecule has 1 aliphatic heterocycles. The molecule has 1 saturated heterocycles. The zero-order valence-corrected chi connectivity index (χ0v) is 12.7. The van der Waals surface area contributed by atoms with Crippen molar-refractivity contribution in [1.82, 2.24) is 9.88 Å². The fourth-order valence-electron chi connectivity index (χ4n) is 3.26. The number of hydrogen-bond acceptors (Lipinski definition) is 2. The van der Waals surface area contributed by atoms with E-state index in [1.807, 2.05) is 42.5 Å². The first kappa shape index (κ1) is 13.8. The Labute approximate surface area is 133 Å². The zero-order chi connectivity index (χ0) is 16.0. The molecule has 0 saturated carbocycles. The number of aromatic amines is 1. The molecule has 4 rings (SSSR count). The van der Waals surface area contributed by atoms with Crippen LogP contribution in [0.5, 0.6) is 0 Å². The molecule has 1 N–H and O–H groups in total. The number of fused-ring (bicyclic) bond motifs is 1. The Morgan fingerprint density at radius 2 is 1.78 bits per heavy atom. The van der Waals surface area contributed by atoms with Gasteiger partial charge in [0.1, 0.15) is 0 Å². The summed E-state index contributed by atoms with van der Waals surface area (Å²) in [6, 6.07) is 18.0. The third-order valence-corrected chi connectivity index (χ3v) is 4.54. The second-order valence-corrected chi connectivity index (χ2v) is 5.91. The number of nitrogens with one attached hydrogen (secondary N) is 1. The van der Waals surface area contributed by atoms with Crippen LogP contribution >= 0.6 is 0 Å². The van der Waals surface area contributed by atoms with Crippen LogP contribution in [0.1, 0.15) is 17.9 Å². The number of likely N-dealkylation sites (tertiary alicyclic amines) is 1. The summed E-state index contributed by atoms with van der Waals surface area (Å²) in [5, 5.41) is 1.13. The molecule has 2 aromatic carbocycles. The lowest BCUT2D eigenvalue weighted by atomic mass is 9.91. The number of rotatable bonds is 2. The molecule has 1 aromatic heterocycles. The SMILES string of the molecule is CN1C(=O)C[C@H](c2ccccc2-c2cc3ccccc3[nH]2)C1=O. The number of carbonyl (C=O) groups excluding carboxylic acids is 2. The summed E-state index contributed by atoms with van der Waals surface area (Å²) in [6.45, 7) is 0. The van der Waals surface area contributed by atoms with Gasteiger partial charge in [0.15, 0.2) is 0 Å². The Morgan fingerprint density at radius 1 is 1.04 bits per heavy atom. The molecule has 1 aliphatic rings. The van der Waals surface area contributed by atoms with Crippen LogP contribution in [0, 0.1) is 0 Å². The smallest absolute Gasteiger partial charge is 0.236 e. The van der Waals surface area contributed by atoms with Crippen molar-refractivity contribution >= 4 is 22.7 Å². The topological polar surface area (TPSA) is 53.2 Å². The Bertz CT molecular complexity index is 893. The largest absolute Gasteiger partial charge is 0.355 e. The maximum Gasteiger partial charge on any atom is 0.236 e. The Balaban J connectivity index is 1.84. The van der Waals surface area contributed by atoms with Crippen molar-refractivity contribution in [2.45, 2.75) is 12.3 Å². The van der Waals surface area contributed by atoms with Gasteiger partial charge in [-0.25, -0.2) is 0 Å². The van der Waals surface area contributed by atoms with E-state index in [4.69, 9.17) is 0 Å². The number of amides is 2. The standard InChI is InChI=1S/C19H16N2O2/c1-21-18(22)11-15(19(21)23)13-7-3-4-8-14(13)17-10-12-6-2-5-9-16(12)20-17/h2-10,15,20H,11H2,1H3/t15-/m1/s1. The van der Waals surface area contributed by atoms with Crippen LogP contribution in [-0.4, -0.2) is 28.7 Å². The number of nitrogens with zero attached hydrogens (tertiary/aromatic N) is 1. The zero-order valence-electron chi connectivity index (χ0n) is 12.7. The Morgan fingerprint density at radius 3 is 2.52 bits per heavy atom. The average Bonchev–Trinajstić information content (AvgIpc) is 3.11. The van der Waals surface area contributed by atoms with E-state index in [2.05, 4.69) is 17.1 Å². The van der Waals surface area contributed by atoms with Gasteiger partial charge in [-0.3, -0.25) is 14.5 Å². The second kappa shape index (κ2) is 5.09. The van der Waals surface area contributed by atoms with Gasteiger partial charge in [-0.1, -0.05) is 42.5 Å². The molecule has 2 amide bonds. The number of carbonyl (C=O) groups is 2. The molecule has 0 radical (unpaired) electrons. The molecule has 0 bridgehead atoms. The highest BCUT2D eigenvalue weighted by Gasteiger charge is 2.38. The van der Waals surface area contributed by atoms with Crippen LogP contribution in [0.4, 0.5) is 0 Å². The normalized spacial score (nSPS) is 18.1. The van der Waals surface area contributed by atoms with Crippen molar-refractivity contribution in [1.29, 1.82) is 0 Å². The van der Waals surface area contributed by atoms with Crippen LogP contribution in [-0.2, 0) is 9.59 Å². The lowest BCUT2D eigenvalue weighted by Gasteiger charge is -2.13. The number of para-hydroxylation sites is 1. The molecule has 114 valence electrons. The monoisotopic (exact) mass is 304 g/mol. The van der Waals surface area contributed by atoms with Gasteiger partial charge in [0.2, 0.25) is 11.8 Å². The molecule has 3 aromatic rings. The summed E-state index contributed by atoms with van der Waals surface area (Å²) >= 11 is 0. The first-order valence-electron chi connectivity index (χ1n) is 7.62. The van der Waals surface area contributed by atoms with E-state index in [0.29, 0.717) is 0 Å². The maximum atomic E-state index is 12.4. The molecule has 4 nitrogen and oxygen atoms in total. The Kier molecular flexibility index (Phi) is 3.05. The van der Waals surface area contributed by atoms with E-state index >= 15 is 0 Å². The molecule has 0 aliphatic carbocycles. The third-order valence-electron chi connectivity index (χ3n) is 4.54. The highest BCUT2D eigenvalue weighted by molar-refractivity contribution is 6.06. The first-order valence-corrected chi connectivity index (χ1v) is 7.62. The van der Waals surface area contributed by atoms with E-state index in [1.54, 1.807) is 7.05 Å². The van der Waals surface area contributed by atoms with Crippen LogP contribution in [0.25, 0.3) is 22.2 Å². The first-order chi connectivity index (χ1) is 11.1. The predicted molar refractivity (Wildman–Crippen MR) is 88.9 cm³/mol. The molecule has 1 fully saturated rings. The van der Waals surface area contributed by atoms with Gasteiger partial charge in [-0.2, -0.15) is 0 Å². The molecule has 0 spiro atoms. The van der Waals surface area contributed by atoms with Gasteiger partial charge in [-0.15, -0.1) is 0 Å². The van der Waals surface area contributed by atoms with E-state index in [9.17, 15) is 9.59 Å². The number of hydrogen-bond donors (Lipinski definition) is 1. The van der Waals surface area contributed by atoms with Crippen molar-refractivity contribution < 1.29 is 9.59 Å². The van der Waals surface area contributed by atoms with Gasteiger partial charge < -0.3 is 4.98 Å². The quantitative estimate of drug-likeness (QED) is 0.739. The van der Waals surface area contributed by atoms with Gasteiger partial charge in [-0.05, 0) is 17.7 Å². The van der Waals surface area contributed by atoms with Crippen LogP contribution < -0.4 is 0 Å². The predicted octanol–water partition coefficient (Wildman–Crippen LogP) is 3.31. The lowest BCUT2D eigenvalue weighted by Crippen LogP contribution is -2.25. The fraction of sp³-hybridized carbons (Fsp3) is 0.158. The molecule has 0 unspecified atom stereocenters. The van der Waals surface area contributed by atoms with Crippen molar-refractivity contribution in [3.05, 3.63) is 60.2 Å². The highest BCUT2D eigenvalue weighted by atomic mass is 16.2. The summed E-state index contributed by atoms with van der Waals surface area (Å²) in [5.74, 6) is -0.639. The number of H-pyrrole nitrogens is 1. The van der Waals surface area contributed by atoms with Gasteiger partial charge in [0.05, 0.1) is 5.92 Å². The molecule has 2 heterocycles. The number of aromatic nitrogens is 1. The number of benzene rings is 2. The van der Waals surface area contributed by atoms with Crippen molar-refractivity contribution in [3.63, 3.8) is 0 Å². The highest BCUT2D eigenvalue weighted by Crippen LogP contribution is 2.36. The summed E-state index contributed by atoms with van der Waals surface area (Å²) in [7, 11) is 1.55.